The van der Waals surface area contributed by atoms with Crippen LogP contribution in [0.25, 0.3) is 0 Å². The van der Waals surface area contributed by atoms with Gasteiger partial charge in [-0.15, -0.1) is 0 Å². The van der Waals surface area contributed by atoms with E-state index in [1.54, 1.807) is 0 Å². The van der Waals surface area contributed by atoms with Gasteiger partial charge in [0.05, 0.1) is 17.9 Å². The minimum absolute atomic E-state index is 0.0605. The highest BCUT2D eigenvalue weighted by Gasteiger charge is 2.49. The Morgan fingerprint density at radius 1 is 1.38 bits per heavy atom. The van der Waals surface area contributed by atoms with E-state index in [1.807, 2.05) is 13.0 Å². The Morgan fingerprint density at radius 3 is 2.71 bits per heavy atom. The largest absolute Gasteiger partial charge is 0.481 e. The summed E-state index contributed by atoms with van der Waals surface area (Å²) in [6.45, 7) is 6.22. The maximum atomic E-state index is 12.2. The van der Waals surface area contributed by atoms with Gasteiger partial charge in [-0.3, -0.25) is 9.59 Å². The van der Waals surface area contributed by atoms with E-state index >= 15 is 0 Å². The van der Waals surface area contributed by atoms with Gasteiger partial charge in [-0.1, -0.05) is 13.8 Å². The lowest BCUT2D eigenvalue weighted by Crippen LogP contribution is -2.37. The third kappa shape index (κ3) is 2.69. The zero-order valence-corrected chi connectivity index (χ0v) is 12.6. The second kappa shape index (κ2) is 4.61. The third-order valence-corrected chi connectivity index (χ3v) is 4.50. The van der Waals surface area contributed by atoms with E-state index < -0.39 is 11.9 Å². The van der Waals surface area contributed by atoms with Crippen molar-refractivity contribution in [2.24, 2.45) is 17.3 Å². The fraction of sp³-hybridized carbons (Fsp3) is 0.625. The summed E-state index contributed by atoms with van der Waals surface area (Å²) in [7, 11) is 0. The Kier molecular flexibility index (Phi) is 3.11. The first-order valence-electron chi connectivity index (χ1n) is 7.39. The number of rotatable bonds is 3. The van der Waals surface area contributed by atoms with Gasteiger partial charge in [0.25, 0.3) is 0 Å². The van der Waals surface area contributed by atoms with Crippen LogP contribution in [0.15, 0.2) is 10.5 Å². The number of amides is 1. The number of carboxylic acids is 1. The molecule has 3 atom stereocenters. The average Bonchev–Trinajstić information content (AvgIpc) is 3.06. The SMILES string of the molecule is Cc1cc2c(o1)CC(C)(C)CC2NC(=O)[C@@H]1C[C@@H]1C(=O)O. The average molecular weight is 291 g/mol. The molecule has 1 unspecified atom stereocenters. The summed E-state index contributed by atoms with van der Waals surface area (Å²) in [5.41, 5.74) is 1.11. The Labute approximate surface area is 123 Å². The normalized spacial score (nSPS) is 29.6. The van der Waals surface area contributed by atoms with E-state index in [0.717, 1.165) is 29.9 Å². The molecule has 0 bridgehead atoms. The molecule has 114 valence electrons. The molecule has 0 saturated heterocycles. The number of fused-ring (bicyclic) bond motifs is 1. The van der Waals surface area contributed by atoms with Gasteiger partial charge in [-0.2, -0.15) is 0 Å². The number of carbonyl (C=O) groups is 2. The second-order valence-electron chi connectivity index (χ2n) is 7.13. The Bertz CT molecular complexity index is 601. The minimum Gasteiger partial charge on any atom is -0.481 e. The third-order valence-electron chi connectivity index (χ3n) is 4.50. The lowest BCUT2D eigenvalue weighted by Gasteiger charge is -2.34. The van der Waals surface area contributed by atoms with Crippen LogP contribution < -0.4 is 5.32 Å². The van der Waals surface area contributed by atoms with Crippen LogP contribution in [-0.4, -0.2) is 17.0 Å². The molecule has 1 aromatic rings. The van der Waals surface area contributed by atoms with Gasteiger partial charge in [-0.05, 0) is 31.2 Å². The molecule has 5 heteroatoms. The zero-order valence-electron chi connectivity index (χ0n) is 12.6. The van der Waals surface area contributed by atoms with Gasteiger partial charge in [-0.25, -0.2) is 0 Å². The molecule has 1 saturated carbocycles. The quantitative estimate of drug-likeness (QED) is 0.896. The van der Waals surface area contributed by atoms with Crippen molar-refractivity contribution in [1.82, 2.24) is 5.32 Å². The molecule has 2 N–H and O–H groups in total. The van der Waals surface area contributed by atoms with Crippen molar-refractivity contribution in [3.8, 4) is 0 Å². The van der Waals surface area contributed by atoms with E-state index in [9.17, 15) is 9.59 Å². The topological polar surface area (TPSA) is 79.5 Å². The standard InChI is InChI=1S/C16H21NO4/c1-8-4-11-12(6-16(2,3)7-13(11)21-8)17-14(18)9-5-10(9)15(19)20/h4,9-10,12H,5-7H2,1-3H3,(H,17,18)(H,19,20)/t9-,10+,12?/m1/s1. The molecule has 1 heterocycles. The van der Waals surface area contributed by atoms with Crippen molar-refractivity contribution in [2.75, 3.05) is 0 Å². The van der Waals surface area contributed by atoms with E-state index in [1.165, 1.54) is 0 Å². The monoisotopic (exact) mass is 291 g/mol. The molecule has 0 spiro atoms. The molecule has 0 radical (unpaired) electrons. The van der Waals surface area contributed by atoms with Crippen molar-refractivity contribution >= 4 is 11.9 Å². The summed E-state index contributed by atoms with van der Waals surface area (Å²) in [4.78, 5) is 23.1. The predicted molar refractivity (Wildman–Crippen MR) is 75.7 cm³/mol. The van der Waals surface area contributed by atoms with Crippen molar-refractivity contribution in [3.05, 3.63) is 23.2 Å². The van der Waals surface area contributed by atoms with Crippen molar-refractivity contribution in [3.63, 3.8) is 0 Å². The predicted octanol–water partition coefficient (Wildman–Crippen LogP) is 2.44. The molecular formula is C16H21NO4. The maximum Gasteiger partial charge on any atom is 0.307 e. The highest BCUT2D eigenvalue weighted by Crippen LogP contribution is 2.44. The van der Waals surface area contributed by atoms with Crippen molar-refractivity contribution in [1.29, 1.82) is 0 Å². The molecule has 0 aromatic carbocycles. The number of furan rings is 1. The zero-order chi connectivity index (χ0) is 15.4. The highest BCUT2D eigenvalue weighted by molar-refractivity contribution is 5.89. The van der Waals surface area contributed by atoms with E-state index in [2.05, 4.69) is 19.2 Å². The van der Waals surface area contributed by atoms with Gasteiger partial charge in [0, 0.05) is 12.0 Å². The first kappa shape index (κ1) is 14.2. The minimum atomic E-state index is -0.876. The summed E-state index contributed by atoms with van der Waals surface area (Å²) in [5.74, 6) is -0.101. The van der Waals surface area contributed by atoms with Crippen LogP contribution in [0.5, 0.6) is 0 Å². The van der Waals surface area contributed by atoms with Gasteiger partial charge in [0.1, 0.15) is 11.5 Å². The molecule has 3 rings (SSSR count). The van der Waals surface area contributed by atoms with E-state index in [-0.39, 0.29) is 23.3 Å². The Morgan fingerprint density at radius 2 is 2.10 bits per heavy atom. The summed E-state index contributed by atoms with van der Waals surface area (Å²) >= 11 is 0. The molecule has 1 fully saturated rings. The molecule has 0 aliphatic heterocycles. The van der Waals surface area contributed by atoms with Crippen molar-refractivity contribution in [2.45, 2.75) is 46.1 Å². The molecule has 21 heavy (non-hydrogen) atoms. The lowest BCUT2D eigenvalue weighted by atomic mass is 9.74. The van der Waals surface area contributed by atoms with E-state index in [4.69, 9.17) is 9.52 Å². The van der Waals surface area contributed by atoms with Gasteiger partial charge >= 0.3 is 5.97 Å². The van der Waals surface area contributed by atoms with Crippen LogP contribution in [0, 0.1) is 24.2 Å². The highest BCUT2D eigenvalue weighted by atomic mass is 16.4. The number of aryl methyl sites for hydroxylation is 1. The summed E-state index contributed by atoms with van der Waals surface area (Å²) in [6.07, 6.45) is 2.16. The first-order chi connectivity index (χ1) is 9.77. The number of hydrogen-bond acceptors (Lipinski definition) is 3. The summed E-state index contributed by atoms with van der Waals surface area (Å²) < 4.78 is 5.74. The van der Waals surface area contributed by atoms with Crippen LogP contribution in [0.2, 0.25) is 0 Å². The van der Waals surface area contributed by atoms with Gasteiger partial charge in [0.2, 0.25) is 5.91 Å². The van der Waals surface area contributed by atoms with E-state index in [0.29, 0.717) is 6.42 Å². The number of carboxylic acid groups (broad SMARTS) is 1. The Hall–Kier alpha value is -1.78. The Balaban J connectivity index is 1.76. The number of carbonyl (C=O) groups excluding carboxylic acids is 1. The molecular weight excluding hydrogens is 270 g/mol. The molecule has 1 aromatic heterocycles. The second-order valence-corrected chi connectivity index (χ2v) is 7.13. The van der Waals surface area contributed by atoms with Gasteiger partial charge < -0.3 is 14.8 Å². The van der Waals surface area contributed by atoms with Crippen LogP contribution in [0.4, 0.5) is 0 Å². The molecule has 1 amide bonds. The first-order valence-corrected chi connectivity index (χ1v) is 7.39. The molecule has 2 aliphatic rings. The lowest BCUT2D eigenvalue weighted by molar-refractivity contribution is -0.140. The van der Waals surface area contributed by atoms with Crippen LogP contribution >= 0.6 is 0 Å². The van der Waals surface area contributed by atoms with Crippen LogP contribution in [0.1, 0.15) is 49.8 Å². The molecule has 2 aliphatic carbocycles. The number of hydrogen-bond donors (Lipinski definition) is 2. The number of aliphatic carboxylic acids is 1. The van der Waals surface area contributed by atoms with Crippen LogP contribution in [0.3, 0.4) is 0 Å². The fourth-order valence-electron chi connectivity index (χ4n) is 3.35. The molecule has 5 nitrogen and oxygen atoms in total. The van der Waals surface area contributed by atoms with Gasteiger partial charge in [0.15, 0.2) is 0 Å². The van der Waals surface area contributed by atoms with Crippen LogP contribution in [-0.2, 0) is 16.0 Å². The maximum absolute atomic E-state index is 12.2. The number of nitrogens with one attached hydrogen (secondary N) is 1. The summed E-state index contributed by atoms with van der Waals surface area (Å²) in [5, 5.41) is 12.0. The fourth-order valence-corrected chi connectivity index (χ4v) is 3.35. The smallest absolute Gasteiger partial charge is 0.307 e. The van der Waals surface area contributed by atoms with Crippen molar-refractivity contribution < 1.29 is 19.1 Å². The summed E-state index contributed by atoms with van der Waals surface area (Å²) in [6, 6.07) is 1.90.